The van der Waals surface area contributed by atoms with Gasteiger partial charge in [-0.1, -0.05) is 74.4 Å². The summed E-state index contributed by atoms with van der Waals surface area (Å²) in [5.41, 5.74) is 5.18. The highest BCUT2D eigenvalue weighted by atomic mass is 16.5. The summed E-state index contributed by atoms with van der Waals surface area (Å²) in [6.07, 6.45) is 0.295. The minimum absolute atomic E-state index is 0.0233. The molecule has 1 rings (SSSR count). The van der Waals surface area contributed by atoms with Crippen molar-refractivity contribution in [1.29, 1.82) is 0 Å². The number of nitrogens with zero attached hydrogens (tertiary/aromatic N) is 1. The highest BCUT2D eigenvalue weighted by molar-refractivity contribution is 5.69. The Kier molecular flexibility index (Phi) is 10.0. The summed E-state index contributed by atoms with van der Waals surface area (Å²) < 4.78 is 4.87. The van der Waals surface area contributed by atoms with E-state index >= 15 is 0 Å². The second-order valence-electron chi connectivity index (χ2n) is 10.1. The van der Waals surface area contributed by atoms with Gasteiger partial charge in [0.1, 0.15) is 0 Å². The summed E-state index contributed by atoms with van der Waals surface area (Å²) in [4.78, 5) is 11.9. The highest BCUT2D eigenvalue weighted by Gasteiger charge is 2.34. The number of hydroxylamine groups is 2. The van der Waals surface area contributed by atoms with Crippen LogP contribution in [0.25, 0.3) is 0 Å². The number of hydrogen-bond acceptors (Lipinski definition) is 4. The van der Waals surface area contributed by atoms with Crippen molar-refractivity contribution < 1.29 is 14.7 Å². The lowest BCUT2D eigenvalue weighted by Gasteiger charge is -2.39. The average Bonchev–Trinajstić information content (AvgIpc) is 2.65. The van der Waals surface area contributed by atoms with Crippen molar-refractivity contribution in [3.63, 3.8) is 0 Å². The number of carbonyl (C=O) groups is 1. The third-order valence-electron chi connectivity index (χ3n) is 6.28. The minimum atomic E-state index is -0.235. The number of benzene rings is 1. The van der Waals surface area contributed by atoms with Gasteiger partial charge in [0.2, 0.25) is 0 Å². The molecule has 0 radical (unpaired) electrons. The molecule has 0 amide bonds. The van der Waals surface area contributed by atoms with E-state index in [1.165, 1.54) is 34.4 Å². The minimum Gasteiger partial charge on any atom is -0.469 e. The maximum Gasteiger partial charge on any atom is 0.305 e. The molecule has 0 aliphatic heterocycles. The Bertz CT molecular complexity index is 665. The number of hydrogen-bond donors (Lipinski definition) is 1. The molecule has 0 aliphatic rings. The van der Waals surface area contributed by atoms with E-state index in [4.69, 9.17) is 4.74 Å². The molecular weight excluding hydrogens is 374 g/mol. The van der Waals surface area contributed by atoms with E-state index in [2.05, 4.69) is 74.4 Å². The van der Waals surface area contributed by atoms with Gasteiger partial charge >= 0.3 is 5.97 Å². The number of rotatable bonds is 10. The van der Waals surface area contributed by atoms with Crippen LogP contribution in [0.15, 0.2) is 12.1 Å². The number of ether oxygens (including phenoxy) is 1. The Hall–Kier alpha value is -1.39. The van der Waals surface area contributed by atoms with Crippen molar-refractivity contribution in [2.75, 3.05) is 7.11 Å². The van der Waals surface area contributed by atoms with Crippen LogP contribution in [0.5, 0.6) is 0 Å². The van der Waals surface area contributed by atoms with Gasteiger partial charge in [-0.25, -0.2) is 0 Å². The molecule has 0 saturated heterocycles. The molecular formula is C26H45NO3. The number of carbonyl (C=O) groups excluding carboxylic acids is 1. The summed E-state index contributed by atoms with van der Waals surface area (Å²) in [7, 11) is 1.42. The SMILES string of the molecule is COC(=O)C[C@H](C)[C@@H](C(C)C)N(O)[C@@H](C)c1c(C(C)C)cc(C(C)C)cc1C(C)C. The van der Waals surface area contributed by atoms with Crippen molar-refractivity contribution in [3.05, 3.63) is 34.4 Å². The largest absolute Gasteiger partial charge is 0.469 e. The predicted molar refractivity (Wildman–Crippen MR) is 125 cm³/mol. The van der Waals surface area contributed by atoms with Crippen LogP contribution in [0, 0.1) is 11.8 Å². The molecule has 1 aromatic carbocycles. The summed E-state index contributed by atoms with van der Waals surface area (Å²) in [6.45, 7) is 21.7. The van der Waals surface area contributed by atoms with Crippen LogP contribution < -0.4 is 0 Å². The molecule has 0 aromatic heterocycles. The summed E-state index contributed by atoms with van der Waals surface area (Å²) >= 11 is 0. The quantitative estimate of drug-likeness (QED) is 0.326. The van der Waals surface area contributed by atoms with E-state index < -0.39 is 0 Å². The Morgan fingerprint density at radius 2 is 1.37 bits per heavy atom. The molecule has 0 fully saturated rings. The zero-order valence-electron chi connectivity index (χ0n) is 21.1. The molecule has 0 bridgehead atoms. The maximum atomic E-state index is 11.9. The topological polar surface area (TPSA) is 49.8 Å². The molecule has 4 heteroatoms. The van der Waals surface area contributed by atoms with E-state index in [0.717, 1.165) is 0 Å². The van der Waals surface area contributed by atoms with E-state index in [0.29, 0.717) is 24.2 Å². The Morgan fingerprint density at radius 3 is 1.70 bits per heavy atom. The van der Waals surface area contributed by atoms with Gasteiger partial charge in [-0.3, -0.25) is 4.79 Å². The Balaban J connectivity index is 3.51. The van der Waals surface area contributed by atoms with Crippen LogP contribution in [0.4, 0.5) is 0 Å². The second kappa shape index (κ2) is 11.3. The van der Waals surface area contributed by atoms with E-state index in [1.807, 2.05) is 6.92 Å². The fraction of sp³-hybridized carbons (Fsp3) is 0.731. The zero-order chi connectivity index (χ0) is 23.3. The fourth-order valence-corrected chi connectivity index (χ4v) is 4.57. The molecule has 0 unspecified atom stereocenters. The first-order valence-corrected chi connectivity index (χ1v) is 11.5. The molecule has 0 saturated carbocycles. The maximum absolute atomic E-state index is 11.9. The molecule has 0 spiro atoms. The van der Waals surface area contributed by atoms with Gasteiger partial charge in [0.15, 0.2) is 0 Å². The second-order valence-corrected chi connectivity index (χ2v) is 10.1. The fourth-order valence-electron chi connectivity index (χ4n) is 4.57. The van der Waals surface area contributed by atoms with Crippen LogP contribution in [-0.2, 0) is 9.53 Å². The van der Waals surface area contributed by atoms with Crippen molar-refractivity contribution in [2.45, 2.75) is 105 Å². The van der Waals surface area contributed by atoms with Crippen LogP contribution in [0.3, 0.4) is 0 Å². The zero-order valence-corrected chi connectivity index (χ0v) is 21.1. The Morgan fingerprint density at radius 1 is 0.900 bits per heavy atom. The third kappa shape index (κ3) is 6.31. The standard InChI is InChI=1S/C26H45NO3/c1-15(2)21-13-22(16(3)4)25(23(14-21)17(5)6)20(10)27(29)26(18(7)8)19(9)12-24(28)30-11/h13-20,26,29H,12H2,1-11H3/t19-,20-,26+/m0/s1. The predicted octanol–water partition coefficient (Wildman–Crippen LogP) is 7.03. The van der Waals surface area contributed by atoms with Crippen LogP contribution in [-0.4, -0.2) is 29.4 Å². The first kappa shape index (κ1) is 26.6. The molecule has 0 aliphatic carbocycles. The summed E-state index contributed by atoms with van der Waals surface area (Å²) in [6, 6.07) is 4.32. The lowest BCUT2D eigenvalue weighted by molar-refractivity contribution is -0.184. The van der Waals surface area contributed by atoms with Gasteiger partial charge in [0.25, 0.3) is 0 Å². The molecule has 1 aromatic rings. The van der Waals surface area contributed by atoms with Gasteiger partial charge < -0.3 is 9.94 Å². The monoisotopic (exact) mass is 419 g/mol. The first-order chi connectivity index (χ1) is 13.8. The lowest BCUT2D eigenvalue weighted by Crippen LogP contribution is -2.44. The van der Waals surface area contributed by atoms with Gasteiger partial charge in [-0.15, -0.1) is 0 Å². The number of methoxy groups -OCH3 is 1. The van der Waals surface area contributed by atoms with Crippen LogP contribution in [0.2, 0.25) is 0 Å². The Labute approximate surface area is 185 Å². The lowest BCUT2D eigenvalue weighted by atomic mass is 9.81. The van der Waals surface area contributed by atoms with Gasteiger partial charge in [-0.2, -0.15) is 5.06 Å². The molecule has 0 heterocycles. The smallest absolute Gasteiger partial charge is 0.305 e. The first-order valence-electron chi connectivity index (χ1n) is 11.5. The van der Waals surface area contributed by atoms with Crippen molar-refractivity contribution >= 4 is 5.97 Å². The van der Waals surface area contributed by atoms with Crippen molar-refractivity contribution in [2.24, 2.45) is 11.8 Å². The van der Waals surface area contributed by atoms with Gasteiger partial charge in [-0.05, 0) is 58.8 Å². The molecule has 3 atom stereocenters. The van der Waals surface area contributed by atoms with Crippen LogP contribution >= 0.6 is 0 Å². The average molecular weight is 420 g/mol. The van der Waals surface area contributed by atoms with E-state index in [1.54, 1.807) is 0 Å². The normalized spacial score (nSPS) is 15.4. The molecule has 4 nitrogen and oxygen atoms in total. The molecule has 172 valence electrons. The van der Waals surface area contributed by atoms with Gasteiger partial charge in [0.05, 0.1) is 13.2 Å². The van der Waals surface area contributed by atoms with Crippen LogP contribution in [0.1, 0.15) is 122 Å². The summed E-state index contributed by atoms with van der Waals surface area (Å²) in [5.74, 6) is 1.11. The summed E-state index contributed by atoms with van der Waals surface area (Å²) in [5, 5.41) is 12.9. The van der Waals surface area contributed by atoms with Gasteiger partial charge in [0, 0.05) is 12.5 Å². The van der Waals surface area contributed by atoms with E-state index in [9.17, 15) is 10.0 Å². The highest BCUT2D eigenvalue weighted by Crippen LogP contribution is 2.39. The number of esters is 1. The molecule has 1 N–H and O–H groups in total. The third-order valence-corrected chi connectivity index (χ3v) is 6.28. The van der Waals surface area contributed by atoms with Crippen molar-refractivity contribution in [3.8, 4) is 0 Å². The van der Waals surface area contributed by atoms with Crippen molar-refractivity contribution in [1.82, 2.24) is 5.06 Å². The van der Waals surface area contributed by atoms with E-state index in [-0.39, 0.29) is 29.9 Å². The molecule has 30 heavy (non-hydrogen) atoms.